The van der Waals surface area contributed by atoms with Crippen molar-refractivity contribution in [3.63, 3.8) is 0 Å². The molecule has 3 aromatic rings. The number of nitrogens with zero attached hydrogens (tertiary/aromatic N) is 1. The first-order valence-electron chi connectivity index (χ1n) is 10.7. The molecule has 0 aromatic heterocycles. The smallest absolute Gasteiger partial charge is 0.268 e. The Labute approximate surface area is 203 Å². The standard InChI is InChI=1S/C26H24N2O4S2/c1-3-24(33-28-25(29)21-11-7-8-12-22(21)26(28)30)23(17-19-9-5-4-6-10-19)27-34(31,32)20-15-13-18(2)14-16-20/h3-16,23-24,27H,1,17H2,2H3/t23-,24-/m0/s1. The predicted octanol–water partition coefficient (Wildman–Crippen LogP) is 4.38. The molecule has 0 aliphatic carbocycles. The third-order valence-electron chi connectivity index (χ3n) is 5.55. The summed E-state index contributed by atoms with van der Waals surface area (Å²) in [7, 11) is -3.87. The van der Waals surface area contributed by atoms with Gasteiger partial charge in [-0.1, -0.05) is 66.2 Å². The van der Waals surface area contributed by atoms with E-state index in [1.807, 2.05) is 37.3 Å². The lowest BCUT2D eigenvalue weighted by Crippen LogP contribution is -2.44. The molecular formula is C26H24N2O4S2. The van der Waals surface area contributed by atoms with E-state index in [1.165, 1.54) is 0 Å². The van der Waals surface area contributed by atoms with E-state index < -0.39 is 33.1 Å². The van der Waals surface area contributed by atoms with Gasteiger partial charge in [0.1, 0.15) is 0 Å². The molecule has 8 heteroatoms. The van der Waals surface area contributed by atoms with E-state index in [4.69, 9.17) is 0 Å². The summed E-state index contributed by atoms with van der Waals surface area (Å²) in [5.74, 6) is -0.838. The zero-order valence-electron chi connectivity index (χ0n) is 18.5. The Bertz CT molecular complexity index is 1290. The van der Waals surface area contributed by atoms with E-state index in [1.54, 1.807) is 54.6 Å². The Kier molecular flexibility index (Phi) is 7.02. The molecule has 6 nitrogen and oxygen atoms in total. The van der Waals surface area contributed by atoms with Crippen molar-refractivity contribution in [2.24, 2.45) is 0 Å². The second-order valence-corrected chi connectivity index (χ2v) is 10.8. The van der Waals surface area contributed by atoms with Gasteiger partial charge in [0, 0.05) is 6.04 Å². The number of imide groups is 1. The number of hydrogen-bond donors (Lipinski definition) is 1. The van der Waals surface area contributed by atoms with Crippen molar-refractivity contribution in [2.45, 2.75) is 29.5 Å². The highest BCUT2D eigenvalue weighted by Crippen LogP contribution is 2.33. The Balaban J connectivity index is 1.63. The molecule has 1 aliphatic rings. The Hall–Kier alpha value is -3.20. The maximum absolute atomic E-state index is 13.2. The normalized spacial score (nSPS) is 15.1. The van der Waals surface area contributed by atoms with Crippen molar-refractivity contribution in [2.75, 3.05) is 0 Å². The molecule has 0 spiro atoms. The van der Waals surface area contributed by atoms with Gasteiger partial charge in [-0.25, -0.2) is 17.4 Å². The predicted molar refractivity (Wildman–Crippen MR) is 134 cm³/mol. The molecule has 174 valence electrons. The minimum Gasteiger partial charge on any atom is -0.268 e. The summed E-state index contributed by atoms with van der Waals surface area (Å²) in [4.78, 5) is 25.9. The number of carbonyl (C=O) groups excluding carboxylic acids is 2. The first-order valence-corrected chi connectivity index (χ1v) is 13.0. The monoisotopic (exact) mass is 492 g/mol. The van der Waals surface area contributed by atoms with Crippen molar-refractivity contribution < 1.29 is 18.0 Å². The average molecular weight is 493 g/mol. The number of sulfonamides is 1. The lowest BCUT2D eigenvalue weighted by atomic mass is 10.0. The first kappa shape index (κ1) is 23.9. The fourth-order valence-corrected chi connectivity index (χ4v) is 6.12. The summed E-state index contributed by atoms with van der Waals surface area (Å²) in [5.41, 5.74) is 2.53. The number of amides is 2. The highest BCUT2D eigenvalue weighted by molar-refractivity contribution is 7.99. The summed E-state index contributed by atoms with van der Waals surface area (Å²) in [6.45, 7) is 5.76. The molecular weight excluding hydrogens is 468 g/mol. The minimum absolute atomic E-state index is 0.143. The molecule has 0 saturated carbocycles. The van der Waals surface area contributed by atoms with Gasteiger partial charge >= 0.3 is 0 Å². The van der Waals surface area contributed by atoms with Gasteiger partial charge in [-0.3, -0.25) is 9.59 Å². The third-order valence-corrected chi connectivity index (χ3v) is 8.36. The molecule has 0 radical (unpaired) electrons. The van der Waals surface area contributed by atoms with Crippen LogP contribution in [0, 0.1) is 6.92 Å². The quantitative estimate of drug-likeness (QED) is 0.272. The zero-order chi connectivity index (χ0) is 24.3. The summed E-state index contributed by atoms with van der Waals surface area (Å²) in [5, 5.41) is -0.595. The topological polar surface area (TPSA) is 83.6 Å². The van der Waals surface area contributed by atoms with E-state index in [-0.39, 0.29) is 4.90 Å². The summed E-state index contributed by atoms with van der Waals surface area (Å²) >= 11 is 0.980. The molecule has 4 rings (SSSR count). The maximum Gasteiger partial charge on any atom is 0.271 e. The van der Waals surface area contributed by atoms with Gasteiger partial charge in [-0.2, -0.15) is 0 Å². The molecule has 3 aromatic carbocycles. The van der Waals surface area contributed by atoms with Crippen molar-refractivity contribution in [3.05, 3.63) is 114 Å². The fourth-order valence-electron chi connectivity index (χ4n) is 3.74. The molecule has 1 heterocycles. The fraction of sp³-hybridized carbons (Fsp3) is 0.154. The number of fused-ring (bicyclic) bond motifs is 1. The van der Waals surface area contributed by atoms with Crippen LogP contribution in [0.3, 0.4) is 0 Å². The Morgan fingerprint density at radius 1 is 0.912 bits per heavy atom. The van der Waals surface area contributed by atoms with Crippen LogP contribution in [0.5, 0.6) is 0 Å². The molecule has 0 unspecified atom stereocenters. The summed E-state index contributed by atoms with van der Waals surface area (Å²) < 4.78 is 30.3. The van der Waals surface area contributed by atoms with Crippen LogP contribution in [0.1, 0.15) is 31.8 Å². The van der Waals surface area contributed by atoms with Gasteiger partial charge in [0.2, 0.25) is 10.0 Å². The van der Waals surface area contributed by atoms with Crippen molar-refractivity contribution in [3.8, 4) is 0 Å². The van der Waals surface area contributed by atoms with Crippen LogP contribution in [0.4, 0.5) is 0 Å². The van der Waals surface area contributed by atoms with Crippen LogP contribution in [0.15, 0.2) is 96.4 Å². The van der Waals surface area contributed by atoms with E-state index in [0.717, 1.165) is 27.4 Å². The van der Waals surface area contributed by atoms with Crippen molar-refractivity contribution in [1.29, 1.82) is 0 Å². The van der Waals surface area contributed by atoms with Crippen molar-refractivity contribution >= 4 is 33.8 Å². The first-order chi connectivity index (χ1) is 16.3. The van der Waals surface area contributed by atoms with Crippen LogP contribution in [-0.2, 0) is 16.4 Å². The van der Waals surface area contributed by atoms with Gasteiger partial charge in [-0.15, -0.1) is 6.58 Å². The molecule has 1 N–H and O–H groups in total. The molecule has 34 heavy (non-hydrogen) atoms. The number of benzene rings is 3. The second kappa shape index (κ2) is 9.97. The third kappa shape index (κ3) is 4.99. The number of carbonyl (C=O) groups is 2. The van der Waals surface area contributed by atoms with Gasteiger partial charge in [0.25, 0.3) is 11.8 Å². The highest BCUT2D eigenvalue weighted by atomic mass is 32.2. The number of nitrogens with one attached hydrogen (secondary N) is 1. The second-order valence-electron chi connectivity index (χ2n) is 7.99. The van der Waals surface area contributed by atoms with Crippen LogP contribution in [0.2, 0.25) is 0 Å². The van der Waals surface area contributed by atoms with Crippen LogP contribution in [-0.4, -0.2) is 35.8 Å². The lowest BCUT2D eigenvalue weighted by Gasteiger charge is -2.27. The number of rotatable bonds is 9. The van der Waals surface area contributed by atoms with Crippen LogP contribution >= 0.6 is 11.9 Å². The lowest BCUT2D eigenvalue weighted by molar-refractivity contribution is 0.0776. The number of hydrogen-bond acceptors (Lipinski definition) is 5. The zero-order valence-corrected chi connectivity index (χ0v) is 20.2. The summed E-state index contributed by atoms with van der Waals surface area (Å²) in [6, 6.07) is 22.0. The Morgan fingerprint density at radius 2 is 1.47 bits per heavy atom. The molecule has 2 atom stereocenters. The van der Waals surface area contributed by atoms with E-state index in [9.17, 15) is 18.0 Å². The van der Waals surface area contributed by atoms with E-state index in [0.29, 0.717) is 17.5 Å². The summed E-state index contributed by atoms with van der Waals surface area (Å²) in [6.07, 6.45) is 1.91. The number of aryl methyl sites for hydroxylation is 1. The molecule has 1 aliphatic heterocycles. The van der Waals surface area contributed by atoms with Crippen LogP contribution < -0.4 is 4.72 Å². The maximum atomic E-state index is 13.2. The molecule has 0 fully saturated rings. The average Bonchev–Trinajstić information content (AvgIpc) is 3.07. The highest BCUT2D eigenvalue weighted by Gasteiger charge is 2.39. The van der Waals surface area contributed by atoms with Gasteiger partial charge in [-0.05, 0) is 55.1 Å². The van der Waals surface area contributed by atoms with E-state index >= 15 is 0 Å². The molecule has 0 bridgehead atoms. The SMILES string of the molecule is C=C[C@H](SN1C(=O)c2ccccc2C1=O)[C@H](Cc1ccccc1)NS(=O)(=O)c1ccc(C)cc1. The largest absolute Gasteiger partial charge is 0.271 e. The molecule has 2 amide bonds. The Morgan fingerprint density at radius 3 is 2.03 bits per heavy atom. The van der Waals surface area contributed by atoms with Gasteiger partial charge in [0.05, 0.1) is 21.3 Å². The molecule has 0 saturated heterocycles. The van der Waals surface area contributed by atoms with Gasteiger partial charge < -0.3 is 0 Å². The minimum atomic E-state index is -3.87. The van der Waals surface area contributed by atoms with Gasteiger partial charge in [0.15, 0.2) is 0 Å². The van der Waals surface area contributed by atoms with Crippen molar-refractivity contribution in [1.82, 2.24) is 9.03 Å². The van der Waals surface area contributed by atoms with E-state index in [2.05, 4.69) is 11.3 Å². The van der Waals surface area contributed by atoms with Crippen LogP contribution in [0.25, 0.3) is 0 Å².